The topological polar surface area (TPSA) is 71.3 Å². The maximum atomic E-state index is 13.0. The lowest BCUT2D eigenvalue weighted by molar-refractivity contribution is -0.147. The Balaban J connectivity index is 1.18. The number of fused-ring (bicyclic) bond motifs is 1. The molecule has 0 saturated heterocycles. The average Bonchev–Trinajstić information content (AvgIpc) is 3.09. The number of rotatable bonds is 5. The maximum absolute atomic E-state index is 13.0. The van der Waals surface area contributed by atoms with Crippen molar-refractivity contribution in [2.75, 3.05) is 6.54 Å². The fourth-order valence-electron chi connectivity index (χ4n) is 6.32. The first-order valence-electron chi connectivity index (χ1n) is 10.6. The lowest BCUT2D eigenvalue weighted by Gasteiger charge is -2.55. The molecule has 28 heavy (non-hydrogen) atoms. The maximum Gasteiger partial charge on any atom is 0.239 e. The minimum Gasteiger partial charge on any atom is -0.459 e. The average molecular weight is 380 g/mol. The van der Waals surface area contributed by atoms with E-state index in [1.54, 1.807) is 0 Å². The van der Waals surface area contributed by atoms with E-state index >= 15 is 0 Å². The Bertz CT molecular complexity index is 847. The van der Waals surface area contributed by atoms with Crippen molar-refractivity contribution in [3.05, 3.63) is 36.1 Å². The van der Waals surface area contributed by atoms with Crippen molar-refractivity contribution in [1.82, 2.24) is 10.6 Å². The molecule has 2 amide bonds. The molecule has 6 rings (SSSR count). The zero-order valence-corrected chi connectivity index (χ0v) is 16.4. The van der Waals surface area contributed by atoms with Crippen molar-refractivity contribution >= 4 is 22.8 Å². The summed E-state index contributed by atoms with van der Waals surface area (Å²) >= 11 is 0. The van der Waals surface area contributed by atoms with Crippen LogP contribution in [0.2, 0.25) is 0 Å². The molecule has 4 aliphatic carbocycles. The first kappa shape index (κ1) is 17.8. The van der Waals surface area contributed by atoms with E-state index in [-0.39, 0.29) is 29.8 Å². The number of carbonyl (C=O) groups excluding carboxylic acids is 2. The summed E-state index contributed by atoms with van der Waals surface area (Å²) in [5.41, 5.74) is 0.605. The van der Waals surface area contributed by atoms with Crippen LogP contribution in [0, 0.1) is 23.2 Å². The van der Waals surface area contributed by atoms with Gasteiger partial charge in [0.15, 0.2) is 0 Å². The highest BCUT2D eigenvalue weighted by atomic mass is 16.3. The van der Waals surface area contributed by atoms with Crippen molar-refractivity contribution in [2.24, 2.45) is 23.2 Å². The summed E-state index contributed by atoms with van der Waals surface area (Å²) in [6.45, 7) is 1.93. The monoisotopic (exact) mass is 380 g/mol. The SMILES string of the molecule is CC(NC(=O)CNC(=O)C12CC3CC(CC(C3)C1)C2)c1cc2ccccc2o1. The van der Waals surface area contributed by atoms with Crippen molar-refractivity contribution in [1.29, 1.82) is 0 Å². The number of para-hydroxylation sites is 1. The van der Waals surface area contributed by atoms with E-state index in [9.17, 15) is 9.59 Å². The molecule has 5 heteroatoms. The van der Waals surface area contributed by atoms with Gasteiger partial charge in [-0.05, 0) is 75.3 Å². The van der Waals surface area contributed by atoms with Crippen LogP contribution in [0.25, 0.3) is 11.0 Å². The molecule has 1 atom stereocenters. The molecule has 0 spiro atoms. The van der Waals surface area contributed by atoms with Gasteiger partial charge in [-0.2, -0.15) is 0 Å². The van der Waals surface area contributed by atoms with Gasteiger partial charge < -0.3 is 15.1 Å². The zero-order chi connectivity index (χ0) is 19.3. The number of hydrogen-bond donors (Lipinski definition) is 2. The van der Waals surface area contributed by atoms with E-state index in [1.807, 2.05) is 37.3 Å². The van der Waals surface area contributed by atoms with Crippen molar-refractivity contribution in [2.45, 2.75) is 51.5 Å². The summed E-state index contributed by atoms with van der Waals surface area (Å²) in [4.78, 5) is 25.4. The quantitative estimate of drug-likeness (QED) is 0.825. The molecule has 4 bridgehead atoms. The summed E-state index contributed by atoms with van der Waals surface area (Å²) in [5.74, 6) is 2.81. The summed E-state index contributed by atoms with van der Waals surface area (Å²) in [6, 6.07) is 9.51. The minimum absolute atomic E-state index is 0.0329. The summed E-state index contributed by atoms with van der Waals surface area (Å²) in [6.07, 6.45) is 6.97. The highest BCUT2D eigenvalue weighted by Gasteiger charge is 2.54. The van der Waals surface area contributed by atoms with E-state index in [0.717, 1.165) is 53.7 Å². The molecule has 4 fully saturated rings. The van der Waals surface area contributed by atoms with Crippen LogP contribution < -0.4 is 10.6 Å². The zero-order valence-electron chi connectivity index (χ0n) is 16.4. The normalized spacial score (nSPS) is 31.7. The summed E-state index contributed by atoms with van der Waals surface area (Å²) in [7, 11) is 0. The van der Waals surface area contributed by atoms with Crippen molar-refractivity contribution in [3.8, 4) is 0 Å². The molecule has 1 unspecified atom stereocenters. The third kappa shape index (κ3) is 3.11. The first-order chi connectivity index (χ1) is 13.5. The lowest BCUT2D eigenvalue weighted by Crippen LogP contribution is -2.54. The highest BCUT2D eigenvalue weighted by Crippen LogP contribution is 2.60. The third-order valence-electron chi connectivity index (χ3n) is 7.18. The van der Waals surface area contributed by atoms with Gasteiger partial charge in [0.25, 0.3) is 0 Å². The fourth-order valence-corrected chi connectivity index (χ4v) is 6.32. The predicted molar refractivity (Wildman–Crippen MR) is 106 cm³/mol. The molecule has 148 valence electrons. The van der Waals surface area contributed by atoms with Crippen LogP contribution in [0.15, 0.2) is 34.7 Å². The molecule has 4 aliphatic rings. The molecule has 1 heterocycles. The Kier molecular flexibility index (Phi) is 4.22. The van der Waals surface area contributed by atoms with Crippen LogP contribution in [-0.4, -0.2) is 18.4 Å². The minimum atomic E-state index is -0.239. The molecule has 0 aliphatic heterocycles. The van der Waals surface area contributed by atoms with Gasteiger partial charge in [-0.1, -0.05) is 18.2 Å². The molecular formula is C23H28N2O3. The number of furan rings is 1. The van der Waals surface area contributed by atoms with E-state index in [4.69, 9.17) is 4.42 Å². The Hall–Kier alpha value is -2.30. The largest absolute Gasteiger partial charge is 0.459 e. The summed E-state index contributed by atoms with van der Waals surface area (Å²) in [5, 5.41) is 6.90. The number of benzene rings is 1. The van der Waals surface area contributed by atoms with Crippen LogP contribution >= 0.6 is 0 Å². The van der Waals surface area contributed by atoms with Gasteiger partial charge in [-0.15, -0.1) is 0 Å². The van der Waals surface area contributed by atoms with E-state index < -0.39 is 0 Å². The second-order valence-electron chi connectivity index (χ2n) is 9.36. The second-order valence-corrected chi connectivity index (χ2v) is 9.36. The highest BCUT2D eigenvalue weighted by molar-refractivity contribution is 5.88. The molecule has 2 N–H and O–H groups in total. The van der Waals surface area contributed by atoms with Crippen LogP contribution in [0.1, 0.15) is 57.3 Å². The van der Waals surface area contributed by atoms with Gasteiger partial charge in [-0.25, -0.2) is 0 Å². The molecular weight excluding hydrogens is 352 g/mol. The first-order valence-corrected chi connectivity index (χ1v) is 10.6. The van der Waals surface area contributed by atoms with Gasteiger partial charge in [0.1, 0.15) is 11.3 Å². The predicted octanol–water partition coefficient (Wildman–Crippen LogP) is 3.94. The number of hydrogen-bond acceptors (Lipinski definition) is 3. The third-order valence-corrected chi connectivity index (χ3v) is 7.18. The van der Waals surface area contributed by atoms with E-state index in [0.29, 0.717) is 0 Å². The van der Waals surface area contributed by atoms with Crippen molar-refractivity contribution < 1.29 is 14.0 Å². The second kappa shape index (κ2) is 6.64. The van der Waals surface area contributed by atoms with Crippen LogP contribution in [0.5, 0.6) is 0 Å². The van der Waals surface area contributed by atoms with Gasteiger partial charge in [-0.3, -0.25) is 9.59 Å². The van der Waals surface area contributed by atoms with Gasteiger partial charge in [0, 0.05) is 10.8 Å². The molecule has 1 aromatic carbocycles. The standard InChI is InChI=1S/C23H28N2O3/c1-14(20-9-18-4-2-3-5-19(18)28-20)25-21(26)13-24-22(27)23-10-15-6-16(11-23)8-17(7-15)12-23/h2-5,9,14-17H,6-8,10-13H2,1H3,(H,24,27)(H,25,26). The number of carbonyl (C=O) groups is 2. The Morgan fingerprint density at radius 1 is 1.11 bits per heavy atom. The Labute approximate surface area is 165 Å². The molecule has 0 radical (unpaired) electrons. The van der Waals surface area contributed by atoms with E-state index in [1.165, 1.54) is 19.3 Å². The Morgan fingerprint density at radius 2 is 1.75 bits per heavy atom. The van der Waals surface area contributed by atoms with Gasteiger partial charge in [0.05, 0.1) is 12.6 Å². The molecule has 2 aromatic rings. The van der Waals surface area contributed by atoms with Crippen molar-refractivity contribution in [3.63, 3.8) is 0 Å². The van der Waals surface area contributed by atoms with Crippen LogP contribution in [0.3, 0.4) is 0 Å². The Morgan fingerprint density at radius 3 is 2.39 bits per heavy atom. The van der Waals surface area contributed by atoms with Gasteiger partial charge >= 0.3 is 0 Å². The van der Waals surface area contributed by atoms with Crippen LogP contribution in [0.4, 0.5) is 0 Å². The number of amides is 2. The van der Waals surface area contributed by atoms with Gasteiger partial charge in [0.2, 0.25) is 11.8 Å². The molecule has 5 nitrogen and oxygen atoms in total. The summed E-state index contributed by atoms with van der Waals surface area (Å²) < 4.78 is 5.82. The lowest BCUT2D eigenvalue weighted by atomic mass is 9.49. The van der Waals surface area contributed by atoms with E-state index in [2.05, 4.69) is 10.6 Å². The molecule has 1 aromatic heterocycles. The smallest absolute Gasteiger partial charge is 0.239 e. The molecule has 4 saturated carbocycles. The number of nitrogens with one attached hydrogen (secondary N) is 2. The fraction of sp³-hybridized carbons (Fsp3) is 0.565. The van der Waals surface area contributed by atoms with Crippen LogP contribution in [-0.2, 0) is 9.59 Å².